The summed E-state index contributed by atoms with van der Waals surface area (Å²) < 4.78 is 12.8. The lowest BCUT2D eigenvalue weighted by Crippen LogP contribution is -2.26. The predicted molar refractivity (Wildman–Crippen MR) is 71.4 cm³/mol. The van der Waals surface area contributed by atoms with E-state index in [9.17, 15) is 14.0 Å². The molecule has 1 amide bonds. The van der Waals surface area contributed by atoms with Crippen LogP contribution < -0.4 is 5.32 Å². The molecule has 1 unspecified atom stereocenters. The summed E-state index contributed by atoms with van der Waals surface area (Å²) in [5.74, 6) is -1.89. The first-order valence-corrected chi connectivity index (χ1v) is 6.60. The molecule has 20 heavy (non-hydrogen) atoms. The number of aromatic carboxylic acids is 1. The van der Waals surface area contributed by atoms with Crippen molar-refractivity contribution in [1.82, 2.24) is 10.3 Å². The SMILES string of the molecule is CC(NC(=O)c1ccc(F)cc1)c1nc(C(=O)O)cs1. The van der Waals surface area contributed by atoms with Crippen LogP contribution in [0, 0.1) is 5.82 Å². The summed E-state index contributed by atoms with van der Waals surface area (Å²) in [6, 6.07) is 4.73. The van der Waals surface area contributed by atoms with Gasteiger partial charge in [0.25, 0.3) is 5.91 Å². The van der Waals surface area contributed by atoms with Crippen LogP contribution in [0.2, 0.25) is 0 Å². The minimum atomic E-state index is -1.11. The number of nitrogens with one attached hydrogen (secondary N) is 1. The number of hydrogen-bond donors (Lipinski definition) is 2. The summed E-state index contributed by atoms with van der Waals surface area (Å²) in [4.78, 5) is 26.6. The summed E-state index contributed by atoms with van der Waals surface area (Å²) in [5.41, 5.74) is 0.279. The van der Waals surface area contributed by atoms with Gasteiger partial charge in [-0.2, -0.15) is 0 Å². The third-order valence-electron chi connectivity index (χ3n) is 2.57. The van der Waals surface area contributed by atoms with E-state index in [2.05, 4.69) is 10.3 Å². The van der Waals surface area contributed by atoms with E-state index < -0.39 is 17.8 Å². The minimum Gasteiger partial charge on any atom is -0.476 e. The molecular weight excluding hydrogens is 283 g/mol. The lowest BCUT2D eigenvalue weighted by molar-refractivity contribution is 0.0691. The van der Waals surface area contributed by atoms with Gasteiger partial charge in [-0.25, -0.2) is 14.2 Å². The second-order valence-electron chi connectivity index (χ2n) is 4.08. The topological polar surface area (TPSA) is 79.3 Å². The molecule has 0 spiro atoms. The highest BCUT2D eigenvalue weighted by atomic mass is 32.1. The van der Waals surface area contributed by atoms with Crippen molar-refractivity contribution in [3.8, 4) is 0 Å². The molecule has 2 rings (SSSR count). The van der Waals surface area contributed by atoms with Gasteiger partial charge in [0.15, 0.2) is 5.69 Å². The molecule has 1 atom stereocenters. The Bertz CT molecular complexity index is 639. The van der Waals surface area contributed by atoms with Gasteiger partial charge in [0.2, 0.25) is 0 Å². The molecule has 0 bridgehead atoms. The summed E-state index contributed by atoms with van der Waals surface area (Å²) in [6.07, 6.45) is 0. The van der Waals surface area contributed by atoms with Gasteiger partial charge in [0, 0.05) is 10.9 Å². The third-order valence-corrected chi connectivity index (χ3v) is 3.59. The Hall–Kier alpha value is -2.28. The van der Waals surface area contributed by atoms with E-state index >= 15 is 0 Å². The Labute approximate surface area is 118 Å². The zero-order valence-electron chi connectivity index (χ0n) is 10.5. The average Bonchev–Trinajstić information content (AvgIpc) is 2.89. The largest absolute Gasteiger partial charge is 0.476 e. The molecule has 0 aliphatic heterocycles. The number of amides is 1. The van der Waals surface area contributed by atoms with Gasteiger partial charge in [-0.05, 0) is 31.2 Å². The zero-order valence-corrected chi connectivity index (χ0v) is 11.3. The second-order valence-corrected chi connectivity index (χ2v) is 4.97. The molecule has 104 valence electrons. The van der Waals surface area contributed by atoms with Crippen LogP contribution in [0.4, 0.5) is 4.39 Å². The smallest absolute Gasteiger partial charge is 0.355 e. The van der Waals surface area contributed by atoms with Gasteiger partial charge in [-0.1, -0.05) is 0 Å². The Morgan fingerprint density at radius 3 is 2.55 bits per heavy atom. The quantitative estimate of drug-likeness (QED) is 0.908. The van der Waals surface area contributed by atoms with Crippen LogP contribution in [-0.4, -0.2) is 22.0 Å². The summed E-state index contributed by atoms with van der Waals surface area (Å²) in [6.45, 7) is 1.70. The molecule has 0 saturated carbocycles. The number of halogens is 1. The highest BCUT2D eigenvalue weighted by Crippen LogP contribution is 2.18. The molecule has 1 heterocycles. The van der Waals surface area contributed by atoms with E-state index in [1.807, 2.05) is 0 Å². The van der Waals surface area contributed by atoms with E-state index in [-0.39, 0.29) is 11.6 Å². The van der Waals surface area contributed by atoms with E-state index in [1.165, 1.54) is 29.6 Å². The summed E-state index contributed by atoms with van der Waals surface area (Å²) >= 11 is 1.16. The second kappa shape index (κ2) is 5.79. The number of carbonyl (C=O) groups excluding carboxylic acids is 1. The van der Waals surface area contributed by atoms with Crippen LogP contribution in [0.5, 0.6) is 0 Å². The molecule has 1 aromatic heterocycles. The molecule has 0 aliphatic rings. The average molecular weight is 294 g/mol. The van der Waals surface area contributed by atoms with Crippen molar-refractivity contribution < 1.29 is 19.1 Å². The Balaban J connectivity index is 2.06. The van der Waals surface area contributed by atoms with Gasteiger partial charge in [-0.3, -0.25) is 4.79 Å². The predicted octanol–water partition coefficient (Wildman–Crippen LogP) is 2.47. The van der Waals surface area contributed by atoms with Gasteiger partial charge in [0.1, 0.15) is 10.8 Å². The van der Waals surface area contributed by atoms with Crippen molar-refractivity contribution >= 4 is 23.2 Å². The zero-order chi connectivity index (χ0) is 14.7. The maximum absolute atomic E-state index is 12.8. The number of thiazole rings is 1. The first-order chi connectivity index (χ1) is 9.47. The normalized spacial score (nSPS) is 11.9. The minimum absolute atomic E-state index is 0.0483. The lowest BCUT2D eigenvalue weighted by Gasteiger charge is -2.11. The highest BCUT2D eigenvalue weighted by Gasteiger charge is 2.16. The van der Waals surface area contributed by atoms with Gasteiger partial charge < -0.3 is 10.4 Å². The van der Waals surface area contributed by atoms with Gasteiger partial charge in [0.05, 0.1) is 6.04 Å². The highest BCUT2D eigenvalue weighted by molar-refractivity contribution is 7.09. The monoisotopic (exact) mass is 294 g/mol. The number of benzene rings is 1. The number of carbonyl (C=O) groups is 2. The van der Waals surface area contributed by atoms with Crippen LogP contribution in [0.15, 0.2) is 29.6 Å². The number of carboxylic acid groups (broad SMARTS) is 1. The summed E-state index contributed by atoms with van der Waals surface area (Å²) in [5, 5.41) is 13.4. The number of carboxylic acids is 1. The van der Waals surface area contributed by atoms with E-state index in [0.29, 0.717) is 10.6 Å². The van der Waals surface area contributed by atoms with Crippen molar-refractivity contribution in [2.24, 2.45) is 0 Å². The molecule has 7 heteroatoms. The van der Waals surface area contributed by atoms with Crippen LogP contribution in [0.3, 0.4) is 0 Å². The molecular formula is C13H11FN2O3S. The number of hydrogen-bond acceptors (Lipinski definition) is 4. The molecule has 0 fully saturated rings. The van der Waals surface area contributed by atoms with Gasteiger partial charge >= 0.3 is 5.97 Å². The number of nitrogens with zero attached hydrogens (tertiary/aromatic N) is 1. The third kappa shape index (κ3) is 3.18. The molecule has 0 radical (unpaired) electrons. The van der Waals surface area contributed by atoms with Crippen molar-refractivity contribution in [1.29, 1.82) is 0 Å². The molecule has 2 N–H and O–H groups in total. The van der Waals surface area contributed by atoms with Crippen LogP contribution >= 0.6 is 11.3 Å². The van der Waals surface area contributed by atoms with Crippen molar-refractivity contribution in [3.05, 3.63) is 51.7 Å². The standard InChI is InChI=1S/C13H11FN2O3S/c1-7(12-16-10(6-20-12)13(18)19)15-11(17)8-2-4-9(14)5-3-8/h2-7H,1H3,(H,15,17)(H,18,19). The van der Waals surface area contributed by atoms with E-state index in [1.54, 1.807) is 6.92 Å². The first kappa shape index (κ1) is 14.1. The van der Waals surface area contributed by atoms with Crippen LogP contribution in [0.1, 0.15) is 38.8 Å². The lowest BCUT2D eigenvalue weighted by atomic mass is 10.2. The van der Waals surface area contributed by atoms with Crippen molar-refractivity contribution in [3.63, 3.8) is 0 Å². The van der Waals surface area contributed by atoms with Crippen molar-refractivity contribution in [2.75, 3.05) is 0 Å². The fraction of sp³-hybridized carbons (Fsp3) is 0.154. The summed E-state index contributed by atoms with van der Waals surface area (Å²) in [7, 11) is 0. The van der Waals surface area contributed by atoms with Crippen LogP contribution in [-0.2, 0) is 0 Å². The van der Waals surface area contributed by atoms with Crippen LogP contribution in [0.25, 0.3) is 0 Å². The Kier molecular flexibility index (Phi) is 4.09. The maximum Gasteiger partial charge on any atom is 0.355 e. The van der Waals surface area contributed by atoms with Gasteiger partial charge in [-0.15, -0.1) is 11.3 Å². The Morgan fingerprint density at radius 1 is 1.35 bits per heavy atom. The number of rotatable bonds is 4. The number of aromatic nitrogens is 1. The van der Waals surface area contributed by atoms with E-state index in [0.717, 1.165) is 11.3 Å². The molecule has 1 aromatic carbocycles. The maximum atomic E-state index is 12.8. The Morgan fingerprint density at radius 2 is 2.00 bits per heavy atom. The molecule has 2 aromatic rings. The first-order valence-electron chi connectivity index (χ1n) is 5.72. The van der Waals surface area contributed by atoms with E-state index in [4.69, 9.17) is 5.11 Å². The molecule has 0 saturated heterocycles. The fourth-order valence-electron chi connectivity index (χ4n) is 1.53. The molecule has 0 aliphatic carbocycles. The molecule has 5 nitrogen and oxygen atoms in total. The van der Waals surface area contributed by atoms with Crippen molar-refractivity contribution in [2.45, 2.75) is 13.0 Å². The fourth-order valence-corrected chi connectivity index (χ4v) is 2.33.